The lowest BCUT2D eigenvalue weighted by molar-refractivity contribution is 0.102. The minimum Gasteiger partial charge on any atom is -0.497 e. The molecule has 0 atom stereocenters. The molecule has 0 saturated heterocycles. The summed E-state index contributed by atoms with van der Waals surface area (Å²) in [6, 6.07) is 23.5. The fourth-order valence-electron chi connectivity index (χ4n) is 3.84. The topological polar surface area (TPSA) is 122 Å². The standard InChI is InChI=1S/C29H29N3O6S2/c1-20-5-6-21(2)28(19-20)31-39(34,35)26-15-9-23(10-16-26)30-29(33)22-7-11-24(12-8-22)32(3)40(36,37)27-17-13-25(38-4)14-18-27/h5-19,31H,1-4H3,(H,30,33). The number of benzene rings is 4. The predicted octanol–water partition coefficient (Wildman–Crippen LogP) is 5.19. The summed E-state index contributed by atoms with van der Waals surface area (Å²) in [5.41, 5.74) is 3.31. The first-order valence-electron chi connectivity index (χ1n) is 12.2. The molecule has 0 unspecified atom stereocenters. The normalized spacial score (nSPS) is 11.5. The molecule has 4 aromatic carbocycles. The molecular formula is C29H29N3O6S2. The molecule has 9 nitrogen and oxygen atoms in total. The van der Waals surface area contributed by atoms with E-state index in [0.717, 1.165) is 15.4 Å². The van der Waals surface area contributed by atoms with Crippen LogP contribution in [0.4, 0.5) is 17.1 Å². The number of carbonyl (C=O) groups excluding carboxylic acids is 1. The Balaban J connectivity index is 1.43. The molecule has 0 saturated carbocycles. The molecule has 0 spiro atoms. The lowest BCUT2D eigenvalue weighted by Crippen LogP contribution is -2.26. The largest absolute Gasteiger partial charge is 0.497 e. The second kappa shape index (κ2) is 11.4. The van der Waals surface area contributed by atoms with Gasteiger partial charge in [0.2, 0.25) is 0 Å². The number of sulfonamides is 2. The Morgan fingerprint density at radius 3 is 1.98 bits per heavy atom. The van der Waals surface area contributed by atoms with Gasteiger partial charge in [0, 0.05) is 18.3 Å². The Morgan fingerprint density at radius 2 is 1.38 bits per heavy atom. The first kappa shape index (κ1) is 28.7. The highest BCUT2D eigenvalue weighted by molar-refractivity contribution is 7.93. The molecule has 0 fully saturated rings. The van der Waals surface area contributed by atoms with E-state index >= 15 is 0 Å². The summed E-state index contributed by atoms with van der Waals surface area (Å²) < 4.78 is 60.5. The summed E-state index contributed by atoms with van der Waals surface area (Å²) in [5.74, 6) is 0.110. The fourth-order valence-corrected chi connectivity index (χ4v) is 6.15. The number of nitrogens with one attached hydrogen (secondary N) is 2. The van der Waals surface area contributed by atoms with E-state index in [-0.39, 0.29) is 9.79 Å². The van der Waals surface area contributed by atoms with Crippen molar-refractivity contribution in [3.8, 4) is 5.75 Å². The van der Waals surface area contributed by atoms with Crippen molar-refractivity contribution < 1.29 is 26.4 Å². The fraction of sp³-hybridized carbons (Fsp3) is 0.138. The zero-order valence-electron chi connectivity index (χ0n) is 22.4. The third-order valence-corrected chi connectivity index (χ3v) is 9.45. The number of anilines is 3. The average Bonchev–Trinajstić information content (AvgIpc) is 2.95. The SMILES string of the molecule is COc1ccc(S(=O)(=O)N(C)c2ccc(C(=O)Nc3ccc(S(=O)(=O)Nc4cc(C)ccc4C)cc3)cc2)cc1. The van der Waals surface area contributed by atoms with Crippen molar-refractivity contribution in [2.45, 2.75) is 23.6 Å². The third kappa shape index (κ3) is 6.27. The molecule has 0 aromatic heterocycles. The molecule has 0 heterocycles. The van der Waals surface area contributed by atoms with Crippen LogP contribution in [0.25, 0.3) is 0 Å². The molecule has 208 valence electrons. The molecule has 0 aliphatic heterocycles. The van der Waals surface area contributed by atoms with Crippen LogP contribution >= 0.6 is 0 Å². The van der Waals surface area contributed by atoms with Crippen molar-refractivity contribution in [2.24, 2.45) is 0 Å². The van der Waals surface area contributed by atoms with Crippen LogP contribution in [0.3, 0.4) is 0 Å². The van der Waals surface area contributed by atoms with Crippen molar-refractivity contribution in [3.63, 3.8) is 0 Å². The molecule has 0 aliphatic rings. The number of nitrogens with zero attached hydrogens (tertiary/aromatic N) is 1. The second-order valence-electron chi connectivity index (χ2n) is 9.10. The van der Waals surface area contributed by atoms with Crippen molar-refractivity contribution in [1.29, 1.82) is 0 Å². The summed E-state index contributed by atoms with van der Waals surface area (Å²) >= 11 is 0. The van der Waals surface area contributed by atoms with Gasteiger partial charge in [0.05, 0.1) is 28.3 Å². The molecule has 0 aliphatic carbocycles. The number of rotatable bonds is 9. The van der Waals surface area contributed by atoms with E-state index in [1.165, 1.54) is 74.8 Å². The average molecular weight is 580 g/mol. The summed E-state index contributed by atoms with van der Waals surface area (Å²) in [6.07, 6.45) is 0. The lowest BCUT2D eigenvalue weighted by Gasteiger charge is -2.20. The van der Waals surface area contributed by atoms with Crippen LogP contribution in [0, 0.1) is 13.8 Å². The Morgan fingerprint density at radius 1 is 0.775 bits per heavy atom. The van der Waals surface area contributed by atoms with Gasteiger partial charge < -0.3 is 10.1 Å². The zero-order valence-corrected chi connectivity index (χ0v) is 24.0. The minimum atomic E-state index is -3.82. The maximum absolute atomic E-state index is 13.0. The summed E-state index contributed by atoms with van der Waals surface area (Å²) in [7, 11) is -4.71. The first-order chi connectivity index (χ1) is 18.9. The van der Waals surface area contributed by atoms with Crippen LogP contribution in [0.5, 0.6) is 5.75 Å². The maximum atomic E-state index is 13.0. The molecule has 0 radical (unpaired) electrons. The molecule has 40 heavy (non-hydrogen) atoms. The molecule has 1 amide bonds. The van der Waals surface area contributed by atoms with E-state index in [2.05, 4.69) is 10.0 Å². The number of carbonyl (C=O) groups is 1. The second-order valence-corrected chi connectivity index (χ2v) is 12.7. The number of hydrogen-bond acceptors (Lipinski definition) is 6. The van der Waals surface area contributed by atoms with Gasteiger partial charge in [0.25, 0.3) is 26.0 Å². The third-order valence-electron chi connectivity index (χ3n) is 6.27. The van der Waals surface area contributed by atoms with E-state index in [1.54, 1.807) is 18.2 Å². The smallest absolute Gasteiger partial charge is 0.264 e. The van der Waals surface area contributed by atoms with Gasteiger partial charge in [-0.15, -0.1) is 0 Å². The highest BCUT2D eigenvalue weighted by Gasteiger charge is 2.22. The lowest BCUT2D eigenvalue weighted by atomic mass is 10.1. The number of aryl methyl sites for hydroxylation is 2. The van der Waals surface area contributed by atoms with Gasteiger partial charge >= 0.3 is 0 Å². The molecular weight excluding hydrogens is 550 g/mol. The van der Waals surface area contributed by atoms with Crippen LogP contribution in [-0.2, 0) is 20.0 Å². The van der Waals surface area contributed by atoms with Crippen molar-refractivity contribution in [1.82, 2.24) is 0 Å². The van der Waals surface area contributed by atoms with Crippen LogP contribution in [0.15, 0.2) is 101 Å². The Labute approximate surface area is 234 Å². The Bertz CT molecular complexity index is 1740. The van der Waals surface area contributed by atoms with Crippen molar-refractivity contribution >= 4 is 43.0 Å². The quantitative estimate of drug-likeness (QED) is 0.281. The summed E-state index contributed by atoms with van der Waals surface area (Å²) in [4.78, 5) is 12.9. The van der Waals surface area contributed by atoms with Crippen LogP contribution < -0.4 is 19.1 Å². The maximum Gasteiger partial charge on any atom is 0.264 e. The first-order valence-corrected chi connectivity index (χ1v) is 15.1. The van der Waals surface area contributed by atoms with Gasteiger partial charge in [0.1, 0.15) is 5.75 Å². The zero-order chi connectivity index (χ0) is 29.1. The number of amides is 1. The minimum absolute atomic E-state index is 0.0527. The van der Waals surface area contributed by atoms with Crippen molar-refractivity contribution in [2.75, 3.05) is 28.5 Å². The number of hydrogen-bond donors (Lipinski definition) is 2. The highest BCUT2D eigenvalue weighted by Crippen LogP contribution is 2.25. The van der Waals surface area contributed by atoms with Gasteiger partial charge in [-0.3, -0.25) is 13.8 Å². The monoisotopic (exact) mass is 579 g/mol. The highest BCUT2D eigenvalue weighted by atomic mass is 32.2. The van der Waals surface area contributed by atoms with E-state index in [1.807, 2.05) is 26.0 Å². The van der Waals surface area contributed by atoms with Gasteiger partial charge in [-0.2, -0.15) is 0 Å². The van der Waals surface area contributed by atoms with Crippen molar-refractivity contribution in [3.05, 3.63) is 108 Å². The van der Waals surface area contributed by atoms with E-state index < -0.39 is 26.0 Å². The van der Waals surface area contributed by atoms with Gasteiger partial charge in [-0.05, 0) is 104 Å². The van der Waals surface area contributed by atoms with E-state index in [0.29, 0.717) is 28.4 Å². The molecule has 4 rings (SSSR count). The van der Waals surface area contributed by atoms with E-state index in [9.17, 15) is 21.6 Å². The van der Waals surface area contributed by atoms with Gasteiger partial charge in [-0.25, -0.2) is 16.8 Å². The molecule has 0 bridgehead atoms. The molecule has 11 heteroatoms. The van der Waals surface area contributed by atoms with Gasteiger partial charge in [-0.1, -0.05) is 12.1 Å². The predicted molar refractivity (Wildman–Crippen MR) is 156 cm³/mol. The van der Waals surface area contributed by atoms with Crippen LogP contribution in [0.1, 0.15) is 21.5 Å². The van der Waals surface area contributed by atoms with E-state index in [4.69, 9.17) is 4.74 Å². The van der Waals surface area contributed by atoms with Crippen LogP contribution in [0.2, 0.25) is 0 Å². The summed E-state index contributed by atoms with van der Waals surface area (Å²) in [6.45, 7) is 3.70. The number of ether oxygens (including phenoxy) is 1. The Hall–Kier alpha value is -4.35. The molecule has 4 aromatic rings. The van der Waals surface area contributed by atoms with Crippen LogP contribution in [-0.4, -0.2) is 36.9 Å². The Kier molecular flexibility index (Phi) is 8.17. The molecule has 2 N–H and O–H groups in total. The summed E-state index contributed by atoms with van der Waals surface area (Å²) in [5, 5.41) is 2.72. The number of methoxy groups -OCH3 is 1. The van der Waals surface area contributed by atoms with Gasteiger partial charge in [0.15, 0.2) is 0 Å².